The monoisotopic (exact) mass is 705 g/mol. The first-order valence-electron chi connectivity index (χ1n) is 13.5. The lowest BCUT2D eigenvalue weighted by Crippen LogP contribution is -2.47. The Kier molecular flexibility index (Phi) is 10.8. The number of nitrogens with zero attached hydrogens (tertiary/aromatic N) is 6. The Hall–Kier alpha value is -3.10. The van der Waals surface area contributed by atoms with Gasteiger partial charge in [0.1, 0.15) is 18.0 Å². The summed E-state index contributed by atoms with van der Waals surface area (Å²) >= 11 is 2.23. The summed E-state index contributed by atoms with van der Waals surface area (Å²) in [7, 11) is 0. The first-order chi connectivity index (χ1) is 20.5. The molecule has 14 heteroatoms. The van der Waals surface area contributed by atoms with Gasteiger partial charge in [-0.1, -0.05) is 12.1 Å². The van der Waals surface area contributed by atoms with Crippen LogP contribution in [-0.2, 0) is 4.52 Å². The van der Waals surface area contributed by atoms with Gasteiger partial charge in [-0.05, 0) is 52.7 Å². The normalized spacial score (nSPS) is 14.5. The maximum atomic E-state index is 14.3. The molecule has 1 aliphatic rings. The maximum absolute atomic E-state index is 14.3. The highest BCUT2D eigenvalue weighted by molar-refractivity contribution is 14.2. The van der Waals surface area contributed by atoms with Crippen LogP contribution in [-0.4, -0.2) is 82.2 Å². The van der Waals surface area contributed by atoms with Gasteiger partial charge in [-0.25, -0.2) is 14.4 Å². The number of nitro groups is 1. The molecule has 0 bridgehead atoms. The number of ether oxygens (including phenoxy) is 1. The number of halogens is 2. The van der Waals surface area contributed by atoms with Crippen LogP contribution in [0.3, 0.4) is 0 Å². The first kappa shape index (κ1) is 30.4. The third-order valence-electron chi connectivity index (χ3n) is 6.99. The molecule has 2 aromatic carbocycles. The predicted molar refractivity (Wildman–Crippen MR) is 170 cm³/mol. The van der Waals surface area contributed by atoms with E-state index in [0.717, 1.165) is 52.3 Å². The van der Waals surface area contributed by atoms with E-state index in [4.69, 9.17) is 9.26 Å². The van der Waals surface area contributed by atoms with Gasteiger partial charge in [-0.3, -0.25) is 20.0 Å². The summed E-state index contributed by atoms with van der Waals surface area (Å²) in [6.07, 6.45) is 3.69. The molecule has 1 N–H and O–H groups in total. The lowest BCUT2D eigenvalue weighted by Gasteiger charge is -2.34. The van der Waals surface area contributed by atoms with Crippen LogP contribution in [0.15, 0.2) is 61.1 Å². The van der Waals surface area contributed by atoms with Gasteiger partial charge in [0.25, 0.3) is 0 Å². The Morgan fingerprint density at radius 1 is 1.02 bits per heavy atom. The molecule has 0 amide bonds. The number of benzene rings is 2. The Morgan fingerprint density at radius 2 is 1.81 bits per heavy atom. The van der Waals surface area contributed by atoms with Crippen molar-refractivity contribution < 1.29 is 18.6 Å². The lowest BCUT2D eigenvalue weighted by atomic mass is 10.1. The molecular formula is C28H30FIN7O4P. The smallest absolute Gasteiger partial charge is 0.311 e. The molecule has 1 aliphatic heterocycles. The van der Waals surface area contributed by atoms with Crippen LogP contribution in [0.25, 0.3) is 22.2 Å². The zero-order valence-electron chi connectivity index (χ0n) is 22.7. The Labute approximate surface area is 257 Å². The van der Waals surface area contributed by atoms with Crippen molar-refractivity contribution in [3.8, 4) is 17.0 Å². The Bertz CT molecular complexity index is 1530. The maximum Gasteiger partial charge on any atom is 0.311 e. The molecule has 5 rings (SSSR count). The number of aromatic nitrogens is 3. The van der Waals surface area contributed by atoms with Crippen LogP contribution in [0.5, 0.6) is 5.75 Å². The summed E-state index contributed by atoms with van der Waals surface area (Å²) in [6, 6.07) is 12.8. The highest BCUT2D eigenvalue weighted by Gasteiger charge is 2.21. The predicted octanol–water partition coefficient (Wildman–Crippen LogP) is 5.83. The third-order valence-corrected chi connectivity index (χ3v) is 8.24. The summed E-state index contributed by atoms with van der Waals surface area (Å²) in [6.45, 7) is 7.40. The van der Waals surface area contributed by atoms with Gasteiger partial charge in [0.15, 0.2) is 5.75 Å². The minimum absolute atomic E-state index is 0.162. The summed E-state index contributed by atoms with van der Waals surface area (Å²) in [5, 5.41) is 15.6. The van der Waals surface area contributed by atoms with Crippen LogP contribution in [0.2, 0.25) is 0 Å². The minimum atomic E-state index is -0.463. The molecule has 0 aliphatic carbocycles. The average Bonchev–Trinajstić information content (AvgIpc) is 3.00. The third kappa shape index (κ3) is 7.84. The van der Waals surface area contributed by atoms with Crippen molar-refractivity contribution in [2.24, 2.45) is 0 Å². The standard InChI is InChI=1S/C28H30FIN7O4P/c29-23-5-2-1-4-21(23)24-16-20(6-7-31-24)34-28-22-17-26(37(38)39)27(18-25(22)32-19-33-28)40-14-3-8-35-9-11-36(12-10-35)13-15-41-42-30/h1-2,4-7,16-19,42H,3,8-15H2,(H,31,32,33,34). The molecule has 1 fully saturated rings. The van der Waals surface area contributed by atoms with E-state index in [2.05, 4.69) is 52.1 Å². The zero-order chi connectivity index (χ0) is 29.3. The number of piperazine rings is 1. The number of fused-ring (bicyclic) bond motifs is 1. The average molecular weight is 705 g/mol. The molecule has 1 saturated heterocycles. The molecule has 3 heterocycles. The number of rotatable bonds is 13. The highest BCUT2D eigenvalue weighted by atomic mass is 127. The minimum Gasteiger partial charge on any atom is -0.487 e. The second-order valence-electron chi connectivity index (χ2n) is 9.66. The fourth-order valence-corrected chi connectivity index (χ4v) is 5.64. The number of hydrogen-bond acceptors (Lipinski definition) is 10. The van der Waals surface area contributed by atoms with Crippen molar-refractivity contribution in [2.75, 3.05) is 57.8 Å². The van der Waals surface area contributed by atoms with E-state index < -0.39 is 4.92 Å². The second-order valence-corrected chi connectivity index (χ2v) is 11.4. The zero-order valence-corrected chi connectivity index (χ0v) is 25.9. The van der Waals surface area contributed by atoms with Crippen molar-refractivity contribution in [3.05, 3.63) is 77.0 Å². The quantitative estimate of drug-likeness (QED) is 0.0599. The van der Waals surface area contributed by atoms with E-state index in [9.17, 15) is 14.5 Å². The molecule has 42 heavy (non-hydrogen) atoms. The molecule has 4 aromatic rings. The largest absolute Gasteiger partial charge is 0.487 e. The fourth-order valence-electron chi connectivity index (χ4n) is 4.81. The van der Waals surface area contributed by atoms with Crippen molar-refractivity contribution in [2.45, 2.75) is 6.42 Å². The summed E-state index contributed by atoms with van der Waals surface area (Å²) in [5.74, 6) is 0.165. The van der Waals surface area contributed by atoms with Gasteiger partial charge in [-0.15, -0.1) is 0 Å². The number of anilines is 2. The summed E-state index contributed by atoms with van der Waals surface area (Å²) in [4.78, 5) is 29.2. The molecule has 0 spiro atoms. The van der Waals surface area contributed by atoms with E-state index in [1.54, 1.807) is 42.6 Å². The van der Waals surface area contributed by atoms with Crippen molar-refractivity contribution >= 4 is 56.6 Å². The topological polar surface area (TPSA) is 119 Å². The van der Waals surface area contributed by atoms with E-state index in [1.165, 1.54) is 18.5 Å². The van der Waals surface area contributed by atoms with Crippen LogP contribution in [0, 0.1) is 15.9 Å². The fraction of sp³-hybridized carbons (Fsp3) is 0.321. The molecule has 1 unspecified atom stereocenters. The first-order valence-corrected chi connectivity index (χ1v) is 17.5. The van der Waals surface area contributed by atoms with E-state index in [0.29, 0.717) is 46.7 Å². The number of hydrogen-bond donors (Lipinski definition) is 1. The van der Waals surface area contributed by atoms with Gasteiger partial charge in [0.2, 0.25) is 0 Å². The number of nitro benzene ring substituents is 1. The molecule has 220 valence electrons. The highest BCUT2D eigenvalue weighted by Crippen LogP contribution is 2.35. The molecule has 0 saturated carbocycles. The summed E-state index contributed by atoms with van der Waals surface area (Å²) < 4.78 is 25.7. The molecule has 2 aromatic heterocycles. The lowest BCUT2D eigenvalue weighted by molar-refractivity contribution is -0.385. The molecular weight excluding hydrogens is 675 g/mol. The Balaban J connectivity index is 1.24. The number of nitrogens with one attached hydrogen (secondary N) is 1. The van der Waals surface area contributed by atoms with Gasteiger partial charge in [0.05, 0.1) is 41.2 Å². The van der Waals surface area contributed by atoms with Crippen LogP contribution in [0.4, 0.5) is 21.6 Å². The molecule has 11 nitrogen and oxygen atoms in total. The molecule has 0 radical (unpaired) electrons. The van der Waals surface area contributed by atoms with E-state index in [1.807, 2.05) is 0 Å². The SMILES string of the molecule is O=[N+]([O-])c1cc2c(Nc3ccnc(-c4ccccc4F)c3)ncnc2cc1OCCCN1CCN(CCOPI)CC1. The van der Waals surface area contributed by atoms with Gasteiger partial charge in [-0.2, -0.15) is 0 Å². The van der Waals surface area contributed by atoms with Crippen LogP contribution < -0.4 is 10.1 Å². The Morgan fingerprint density at radius 3 is 2.57 bits per heavy atom. The summed E-state index contributed by atoms with van der Waals surface area (Å²) in [5.41, 5.74) is 1.75. The van der Waals surface area contributed by atoms with E-state index >= 15 is 0 Å². The van der Waals surface area contributed by atoms with Crippen molar-refractivity contribution in [3.63, 3.8) is 0 Å². The van der Waals surface area contributed by atoms with Gasteiger partial charge >= 0.3 is 5.69 Å². The van der Waals surface area contributed by atoms with Gasteiger partial charge < -0.3 is 19.5 Å². The molecule has 1 atom stereocenters. The van der Waals surface area contributed by atoms with Crippen LogP contribution in [0.1, 0.15) is 6.42 Å². The van der Waals surface area contributed by atoms with Crippen LogP contribution >= 0.6 is 28.5 Å². The van der Waals surface area contributed by atoms with Crippen molar-refractivity contribution in [1.29, 1.82) is 0 Å². The van der Waals surface area contributed by atoms with Gasteiger partial charge in [0, 0.05) is 68.8 Å². The number of pyridine rings is 1. The van der Waals surface area contributed by atoms with E-state index in [-0.39, 0.29) is 17.3 Å². The second kappa shape index (κ2) is 14.9. The van der Waals surface area contributed by atoms with Crippen molar-refractivity contribution in [1.82, 2.24) is 24.8 Å².